The van der Waals surface area contributed by atoms with Crippen LogP contribution in [0.4, 0.5) is 0 Å². The minimum atomic E-state index is -0.894. The zero-order valence-electron chi connectivity index (χ0n) is 13.5. The van der Waals surface area contributed by atoms with Crippen LogP contribution >= 0.6 is 23.2 Å². The number of ketones is 2. The molecular weight excluding hydrogens is 349 g/mol. The van der Waals surface area contributed by atoms with Crippen molar-refractivity contribution in [2.24, 2.45) is 11.1 Å². The number of Topliss-reactive ketones (excluding diaryl/α,β-unsaturated/α-hetero) is 2. The van der Waals surface area contributed by atoms with Gasteiger partial charge in [-0.3, -0.25) is 9.59 Å². The SMILES string of the molecule is Cc1c(Cl)nc(/C(N)=C2\CCC[C@@]3(CCCCC3=O)C2=O)nc1Cl. The highest BCUT2D eigenvalue weighted by atomic mass is 35.5. The molecule has 24 heavy (non-hydrogen) atoms. The van der Waals surface area contributed by atoms with Crippen molar-refractivity contribution in [3.05, 3.63) is 27.3 Å². The van der Waals surface area contributed by atoms with E-state index in [1.165, 1.54) is 0 Å². The fraction of sp³-hybridized carbons (Fsp3) is 0.529. The van der Waals surface area contributed by atoms with Crippen molar-refractivity contribution in [1.82, 2.24) is 9.97 Å². The Hall–Kier alpha value is -1.46. The van der Waals surface area contributed by atoms with Gasteiger partial charge < -0.3 is 5.73 Å². The topological polar surface area (TPSA) is 85.9 Å². The highest BCUT2D eigenvalue weighted by Gasteiger charge is 2.49. The van der Waals surface area contributed by atoms with Crippen LogP contribution < -0.4 is 5.73 Å². The van der Waals surface area contributed by atoms with Crippen molar-refractivity contribution in [2.45, 2.75) is 51.9 Å². The average Bonchev–Trinajstić information content (AvgIpc) is 2.56. The van der Waals surface area contributed by atoms with Crippen molar-refractivity contribution >= 4 is 40.5 Å². The minimum Gasteiger partial charge on any atom is -0.395 e. The Morgan fingerprint density at radius 1 is 1.04 bits per heavy atom. The lowest BCUT2D eigenvalue weighted by Crippen LogP contribution is -2.45. The van der Waals surface area contributed by atoms with Crippen molar-refractivity contribution in [2.75, 3.05) is 0 Å². The molecule has 2 N–H and O–H groups in total. The third-order valence-electron chi connectivity index (χ3n) is 5.12. The second-order valence-electron chi connectivity index (χ2n) is 6.54. The average molecular weight is 368 g/mol. The van der Waals surface area contributed by atoms with E-state index in [9.17, 15) is 9.59 Å². The lowest BCUT2D eigenvalue weighted by Gasteiger charge is -2.38. The molecule has 1 spiro atoms. The van der Waals surface area contributed by atoms with E-state index in [-0.39, 0.29) is 33.4 Å². The van der Waals surface area contributed by atoms with Gasteiger partial charge in [0.1, 0.15) is 16.1 Å². The van der Waals surface area contributed by atoms with Gasteiger partial charge in [0, 0.05) is 17.6 Å². The highest BCUT2D eigenvalue weighted by Crippen LogP contribution is 2.45. The second-order valence-corrected chi connectivity index (χ2v) is 7.26. The van der Waals surface area contributed by atoms with Crippen LogP contribution in [0.1, 0.15) is 56.3 Å². The van der Waals surface area contributed by atoms with Crippen LogP contribution in [0.2, 0.25) is 10.3 Å². The van der Waals surface area contributed by atoms with Crippen LogP contribution in [0.25, 0.3) is 5.70 Å². The molecule has 128 valence electrons. The molecule has 3 rings (SSSR count). The molecule has 2 aliphatic rings. The summed E-state index contributed by atoms with van der Waals surface area (Å²) >= 11 is 12.1. The molecule has 0 aromatic carbocycles. The number of hydrogen-bond acceptors (Lipinski definition) is 5. The lowest BCUT2D eigenvalue weighted by atomic mass is 9.62. The van der Waals surface area contributed by atoms with Gasteiger partial charge in [0.2, 0.25) is 0 Å². The Morgan fingerprint density at radius 3 is 2.29 bits per heavy atom. The molecule has 0 aliphatic heterocycles. The van der Waals surface area contributed by atoms with Crippen LogP contribution in [0.15, 0.2) is 5.57 Å². The molecule has 0 amide bonds. The molecule has 7 heteroatoms. The van der Waals surface area contributed by atoms with E-state index in [1.807, 2.05) is 0 Å². The third-order valence-corrected chi connectivity index (χ3v) is 5.86. The van der Waals surface area contributed by atoms with E-state index in [0.717, 1.165) is 19.3 Å². The summed E-state index contributed by atoms with van der Waals surface area (Å²) in [4.78, 5) is 33.9. The molecule has 0 unspecified atom stereocenters. The van der Waals surface area contributed by atoms with Crippen LogP contribution in [-0.2, 0) is 9.59 Å². The van der Waals surface area contributed by atoms with E-state index in [0.29, 0.717) is 36.8 Å². The number of halogens is 2. The number of carbonyl (C=O) groups excluding carboxylic acids is 2. The molecule has 0 bridgehead atoms. The molecular formula is C17H19Cl2N3O2. The van der Waals surface area contributed by atoms with Crippen molar-refractivity contribution in [1.29, 1.82) is 0 Å². The predicted molar refractivity (Wildman–Crippen MR) is 92.7 cm³/mol. The number of aromatic nitrogens is 2. The fourth-order valence-electron chi connectivity index (χ4n) is 3.65. The van der Waals surface area contributed by atoms with Gasteiger partial charge in [0.05, 0.1) is 11.1 Å². The van der Waals surface area contributed by atoms with E-state index in [4.69, 9.17) is 28.9 Å². The zero-order chi connectivity index (χ0) is 17.5. The van der Waals surface area contributed by atoms with E-state index in [2.05, 4.69) is 9.97 Å². The standard InChI is InChI=1S/C17H19Cl2N3O2/c1-9-14(18)21-16(22-15(9)19)12(20)10-5-4-8-17(13(10)24)7-3-2-6-11(17)23/h2-8,20H2,1H3/b12-10-/t17-/m1/s1. The maximum Gasteiger partial charge on any atom is 0.178 e. The van der Waals surface area contributed by atoms with Gasteiger partial charge in [-0.25, -0.2) is 9.97 Å². The first-order chi connectivity index (χ1) is 11.4. The summed E-state index contributed by atoms with van der Waals surface area (Å²) in [7, 11) is 0. The summed E-state index contributed by atoms with van der Waals surface area (Å²) < 4.78 is 0. The van der Waals surface area contributed by atoms with Gasteiger partial charge >= 0.3 is 0 Å². The van der Waals surface area contributed by atoms with Crippen molar-refractivity contribution in [3.8, 4) is 0 Å². The second kappa shape index (κ2) is 6.45. The minimum absolute atomic E-state index is 0.0460. The molecule has 2 saturated carbocycles. The maximum absolute atomic E-state index is 13.1. The maximum atomic E-state index is 13.1. The number of carbonyl (C=O) groups is 2. The first-order valence-electron chi connectivity index (χ1n) is 8.13. The first kappa shape index (κ1) is 17.4. The Balaban J connectivity index is 2.05. The monoisotopic (exact) mass is 367 g/mol. The van der Waals surface area contributed by atoms with Crippen molar-refractivity contribution in [3.63, 3.8) is 0 Å². The number of nitrogens with two attached hydrogens (primary N) is 1. The highest BCUT2D eigenvalue weighted by molar-refractivity contribution is 6.34. The zero-order valence-corrected chi connectivity index (χ0v) is 15.0. The van der Waals surface area contributed by atoms with Crippen molar-refractivity contribution < 1.29 is 9.59 Å². The Bertz CT molecular complexity index is 733. The van der Waals surface area contributed by atoms with E-state index >= 15 is 0 Å². The summed E-state index contributed by atoms with van der Waals surface area (Å²) in [6, 6.07) is 0. The summed E-state index contributed by atoms with van der Waals surface area (Å²) in [6.45, 7) is 1.71. The summed E-state index contributed by atoms with van der Waals surface area (Å²) in [5, 5.41) is 0.417. The molecule has 1 aromatic rings. The summed E-state index contributed by atoms with van der Waals surface area (Å²) in [5.41, 5.74) is 6.48. The normalized spacial score (nSPS) is 26.8. The number of nitrogens with zero attached hydrogens (tertiary/aromatic N) is 2. The fourth-order valence-corrected chi connectivity index (χ4v) is 4.04. The Labute approximate surface area is 150 Å². The number of rotatable bonds is 1. The largest absolute Gasteiger partial charge is 0.395 e. The number of hydrogen-bond donors (Lipinski definition) is 1. The van der Waals surface area contributed by atoms with E-state index < -0.39 is 5.41 Å². The molecule has 0 saturated heterocycles. The summed E-state index contributed by atoms with van der Waals surface area (Å²) in [5.74, 6) is 0.0382. The van der Waals surface area contributed by atoms with Crippen LogP contribution in [0.3, 0.4) is 0 Å². The van der Waals surface area contributed by atoms with Gasteiger partial charge in [-0.2, -0.15) is 0 Å². The summed E-state index contributed by atoms with van der Waals surface area (Å²) in [6.07, 6.45) is 4.71. The van der Waals surface area contributed by atoms with Crippen LogP contribution in [-0.4, -0.2) is 21.5 Å². The molecule has 0 radical (unpaired) electrons. The molecule has 1 atom stereocenters. The number of allylic oxidation sites excluding steroid dienone is 1. The molecule has 1 heterocycles. The van der Waals surface area contributed by atoms with Gasteiger partial charge in [-0.05, 0) is 39.0 Å². The van der Waals surface area contributed by atoms with E-state index in [1.54, 1.807) is 6.92 Å². The van der Waals surface area contributed by atoms with Gasteiger partial charge in [0.25, 0.3) is 0 Å². The molecule has 2 aliphatic carbocycles. The quantitative estimate of drug-likeness (QED) is 0.465. The van der Waals surface area contributed by atoms with Gasteiger partial charge in [-0.1, -0.05) is 29.6 Å². The van der Waals surface area contributed by atoms with Gasteiger partial charge in [-0.15, -0.1) is 0 Å². The third kappa shape index (κ3) is 2.74. The van der Waals surface area contributed by atoms with Gasteiger partial charge in [0.15, 0.2) is 11.6 Å². The Morgan fingerprint density at radius 2 is 1.67 bits per heavy atom. The Kier molecular flexibility index (Phi) is 4.67. The molecule has 2 fully saturated rings. The smallest absolute Gasteiger partial charge is 0.178 e. The predicted octanol–water partition coefficient (Wildman–Crippen LogP) is 3.64. The van der Waals surface area contributed by atoms with Crippen LogP contribution in [0, 0.1) is 12.3 Å². The lowest BCUT2D eigenvalue weighted by molar-refractivity contribution is -0.143. The molecule has 5 nitrogen and oxygen atoms in total. The first-order valence-corrected chi connectivity index (χ1v) is 8.89. The molecule has 1 aromatic heterocycles. The van der Waals surface area contributed by atoms with Crippen LogP contribution in [0.5, 0.6) is 0 Å².